The number of alkyl halides is 3. The van der Waals surface area contributed by atoms with Crippen LogP contribution in [0.15, 0.2) is 42.6 Å². The molecule has 0 saturated carbocycles. The van der Waals surface area contributed by atoms with Gasteiger partial charge in [-0.2, -0.15) is 13.2 Å². The number of nitrogens with one attached hydrogen (secondary N) is 1. The Balaban J connectivity index is 1.39. The lowest BCUT2D eigenvalue weighted by Gasteiger charge is -2.37. The maximum absolute atomic E-state index is 13.4. The Kier molecular flexibility index (Phi) is 5.55. The van der Waals surface area contributed by atoms with Gasteiger partial charge in [0, 0.05) is 49.3 Å². The number of nitrogens with zero attached hydrogens (tertiary/aromatic N) is 3. The van der Waals surface area contributed by atoms with Crippen molar-refractivity contribution in [1.29, 1.82) is 0 Å². The summed E-state index contributed by atoms with van der Waals surface area (Å²) in [7, 11) is 0. The molecule has 31 heavy (non-hydrogen) atoms. The molecule has 3 aromatic rings. The summed E-state index contributed by atoms with van der Waals surface area (Å²) in [6.07, 6.45) is -3.14. The fourth-order valence-electron chi connectivity index (χ4n) is 3.62. The second kappa shape index (κ2) is 8.16. The zero-order valence-corrected chi connectivity index (χ0v) is 16.5. The highest BCUT2D eigenvalue weighted by atomic mass is 19.4. The van der Waals surface area contributed by atoms with E-state index in [9.17, 15) is 22.0 Å². The van der Waals surface area contributed by atoms with Gasteiger partial charge in [0.05, 0.1) is 11.3 Å². The van der Waals surface area contributed by atoms with E-state index in [4.69, 9.17) is 4.74 Å². The van der Waals surface area contributed by atoms with Crippen molar-refractivity contribution >= 4 is 5.82 Å². The maximum atomic E-state index is 13.4. The molecule has 0 spiro atoms. The summed E-state index contributed by atoms with van der Waals surface area (Å²) < 4.78 is 71.0. The summed E-state index contributed by atoms with van der Waals surface area (Å²) in [5, 5.41) is 6.78. The number of H-pyrrole nitrogens is 1. The number of hydrogen-bond acceptors (Lipinski definition) is 4. The number of halogens is 5. The van der Waals surface area contributed by atoms with E-state index in [1.807, 2.05) is 11.8 Å². The SMILES string of the molecule is CC1CN(c2ccc(C(F)(F)F)cn2)CCC1Oc1cc(-c2cc(F)cc(F)c2)[nH]n1. The molecule has 0 aliphatic carbocycles. The van der Waals surface area contributed by atoms with E-state index in [1.54, 1.807) is 6.07 Å². The quantitative estimate of drug-likeness (QED) is 0.579. The van der Waals surface area contributed by atoms with E-state index in [2.05, 4.69) is 15.2 Å². The van der Waals surface area contributed by atoms with Crippen LogP contribution >= 0.6 is 0 Å². The molecule has 1 aromatic carbocycles. The molecule has 164 valence electrons. The van der Waals surface area contributed by atoms with Crippen molar-refractivity contribution in [3.8, 4) is 17.1 Å². The highest BCUT2D eigenvalue weighted by molar-refractivity contribution is 5.60. The number of aromatic amines is 1. The average molecular weight is 438 g/mol. The fraction of sp³-hybridized carbons (Fsp3) is 0.333. The number of ether oxygens (including phenoxy) is 1. The Morgan fingerprint density at radius 3 is 2.45 bits per heavy atom. The maximum Gasteiger partial charge on any atom is 0.417 e. The summed E-state index contributed by atoms with van der Waals surface area (Å²) in [6.45, 7) is 3.08. The molecule has 1 aliphatic heterocycles. The smallest absolute Gasteiger partial charge is 0.417 e. The first-order valence-electron chi connectivity index (χ1n) is 9.66. The van der Waals surface area contributed by atoms with Crippen LogP contribution in [0.4, 0.5) is 27.8 Å². The normalized spacial score (nSPS) is 19.5. The molecular formula is C21H19F5N4O. The predicted octanol–water partition coefficient (Wildman–Crippen LogP) is 5.06. The minimum Gasteiger partial charge on any atom is -0.473 e. The Morgan fingerprint density at radius 1 is 1.10 bits per heavy atom. The molecule has 1 saturated heterocycles. The van der Waals surface area contributed by atoms with Crippen LogP contribution < -0.4 is 9.64 Å². The third-order valence-electron chi connectivity index (χ3n) is 5.23. The van der Waals surface area contributed by atoms with Crippen molar-refractivity contribution < 1.29 is 26.7 Å². The first-order valence-corrected chi connectivity index (χ1v) is 9.66. The van der Waals surface area contributed by atoms with Crippen LogP contribution in [0.1, 0.15) is 18.9 Å². The second-order valence-electron chi connectivity index (χ2n) is 7.55. The van der Waals surface area contributed by atoms with Gasteiger partial charge in [-0.1, -0.05) is 6.92 Å². The van der Waals surface area contributed by atoms with Crippen LogP contribution in [0.3, 0.4) is 0 Å². The van der Waals surface area contributed by atoms with Gasteiger partial charge in [0.15, 0.2) is 0 Å². The lowest BCUT2D eigenvalue weighted by molar-refractivity contribution is -0.137. The predicted molar refractivity (Wildman–Crippen MR) is 104 cm³/mol. The molecule has 1 N–H and O–H groups in total. The van der Waals surface area contributed by atoms with Crippen LogP contribution in [0.25, 0.3) is 11.3 Å². The molecule has 0 amide bonds. The van der Waals surface area contributed by atoms with Crippen molar-refractivity contribution in [1.82, 2.24) is 15.2 Å². The van der Waals surface area contributed by atoms with Crippen LogP contribution in [0.5, 0.6) is 5.88 Å². The number of aromatic nitrogens is 3. The summed E-state index contributed by atoms with van der Waals surface area (Å²) >= 11 is 0. The van der Waals surface area contributed by atoms with E-state index in [-0.39, 0.29) is 12.0 Å². The van der Waals surface area contributed by atoms with E-state index in [1.165, 1.54) is 18.2 Å². The zero-order chi connectivity index (χ0) is 22.2. The first-order chi connectivity index (χ1) is 14.7. The van der Waals surface area contributed by atoms with Gasteiger partial charge in [0.2, 0.25) is 5.88 Å². The molecule has 5 nitrogen and oxygen atoms in total. The summed E-state index contributed by atoms with van der Waals surface area (Å²) in [5.41, 5.74) is -0.0430. The standard InChI is InChI=1S/C21H19F5N4O/c1-12-11-30(19-3-2-14(10-27-19)21(24,25)26)5-4-18(12)31-20-9-17(28-29-20)13-6-15(22)8-16(23)7-13/h2-3,6-10,12,18H,4-5,11H2,1H3,(H,28,29). The van der Waals surface area contributed by atoms with Gasteiger partial charge in [-0.25, -0.2) is 13.8 Å². The van der Waals surface area contributed by atoms with Crippen LogP contribution in [0.2, 0.25) is 0 Å². The topological polar surface area (TPSA) is 54.0 Å². The molecular weight excluding hydrogens is 419 g/mol. The minimum atomic E-state index is -4.42. The number of benzene rings is 1. The molecule has 0 bridgehead atoms. The van der Waals surface area contributed by atoms with Gasteiger partial charge in [0.25, 0.3) is 0 Å². The number of pyridine rings is 1. The average Bonchev–Trinajstić information content (AvgIpc) is 3.17. The number of anilines is 1. The summed E-state index contributed by atoms with van der Waals surface area (Å²) in [6, 6.07) is 7.14. The van der Waals surface area contributed by atoms with Gasteiger partial charge < -0.3 is 9.64 Å². The fourth-order valence-corrected chi connectivity index (χ4v) is 3.62. The van der Waals surface area contributed by atoms with Gasteiger partial charge in [-0.15, -0.1) is 5.10 Å². The Bertz CT molecular complexity index is 1030. The number of piperidine rings is 1. The monoisotopic (exact) mass is 438 g/mol. The first kappa shape index (κ1) is 21.1. The third kappa shape index (κ3) is 4.78. The van der Waals surface area contributed by atoms with E-state index in [0.29, 0.717) is 42.5 Å². The van der Waals surface area contributed by atoms with Gasteiger partial charge in [-0.05, 0) is 24.3 Å². The lowest BCUT2D eigenvalue weighted by Crippen LogP contribution is -2.44. The molecule has 3 heterocycles. The number of hydrogen-bond donors (Lipinski definition) is 1. The van der Waals surface area contributed by atoms with Crippen LogP contribution in [0, 0.1) is 17.6 Å². The van der Waals surface area contributed by atoms with E-state index in [0.717, 1.165) is 18.3 Å². The molecule has 10 heteroatoms. The Hall–Kier alpha value is -3.17. The van der Waals surface area contributed by atoms with E-state index < -0.39 is 23.4 Å². The summed E-state index contributed by atoms with van der Waals surface area (Å²) in [5.74, 6) is -0.550. The van der Waals surface area contributed by atoms with Crippen molar-refractivity contribution in [2.45, 2.75) is 25.6 Å². The van der Waals surface area contributed by atoms with Crippen molar-refractivity contribution in [2.24, 2.45) is 5.92 Å². The van der Waals surface area contributed by atoms with Crippen molar-refractivity contribution in [3.05, 3.63) is 59.8 Å². The molecule has 0 radical (unpaired) electrons. The number of rotatable bonds is 4. The Labute approximate surface area is 174 Å². The van der Waals surface area contributed by atoms with Crippen molar-refractivity contribution in [3.63, 3.8) is 0 Å². The van der Waals surface area contributed by atoms with Gasteiger partial charge in [-0.3, -0.25) is 5.10 Å². The van der Waals surface area contributed by atoms with E-state index >= 15 is 0 Å². The molecule has 1 fully saturated rings. The third-order valence-corrected chi connectivity index (χ3v) is 5.23. The Morgan fingerprint density at radius 2 is 1.84 bits per heavy atom. The zero-order valence-electron chi connectivity index (χ0n) is 16.5. The summed E-state index contributed by atoms with van der Waals surface area (Å²) in [4.78, 5) is 5.86. The highest BCUT2D eigenvalue weighted by Crippen LogP contribution is 2.31. The second-order valence-corrected chi connectivity index (χ2v) is 7.55. The molecule has 2 atom stereocenters. The molecule has 4 rings (SSSR count). The highest BCUT2D eigenvalue weighted by Gasteiger charge is 2.32. The van der Waals surface area contributed by atoms with Gasteiger partial charge in [0.1, 0.15) is 23.6 Å². The molecule has 1 aliphatic rings. The van der Waals surface area contributed by atoms with Gasteiger partial charge >= 0.3 is 6.18 Å². The lowest BCUT2D eigenvalue weighted by atomic mass is 9.96. The van der Waals surface area contributed by atoms with Crippen LogP contribution in [-0.4, -0.2) is 34.4 Å². The minimum absolute atomic E-state index is 0.0459. The largest absolute Gasteiger partial charge is 0.473 e. The molecule has 2 unspecified atom stereocenters. The van der Waals surface area contributed by atoms with Crippen LogP contribution in [-0.2, 0) is 6.18 Å². The molecule has 2 aromatic heterocycles. The van der Waals surface area contributed by atoms with Crippen molar-refractivity contribution in [2.75, 3.05) is 18.0 Å².